The number of hydrogen-bond acceptors (Lipinski definition) is 4. The number of anilines is 1. The fraction of sp³-hybridized carbons (Fsp3) is 0.412. The van der Waals surface area contributed by atoms with E-state index in [1.165, 1.54) is 23.1 Å². The van der Waals surface area contributed by atoms with Gasteiger partial charge < -0.3 is 5.32 Å². The Kier molecular flexibility index (Phi) is 6.32. The lowest BCUT2D eigenvalue weighted by Crippen LogP contribution is -2.27. The van der Waals surface area contributed by atoms with Crippen LogP contribution in [0.3, 0.4) is 0 Å². The highest BCUT2D eigenvalue weighted by Gasteiger charge is 2.18. The number of hydrogen-bond donors (Lipinski definition) is 1. The van der Waals surface area contributed by atoms with Crippen molar-refractivity contribution in [3.05, 3.63) is 44.6 Å². The Labute approximate surface area is 150 Å². The summed E-state index contributed by atoms with van der Waals surface area (Å²) in [5.41, 5.74) is 1.55. The first-order chi connectivity index (χ1) is 11.3. The predicted octanol–water partition coefficient (Wildman–Crippen LogP) is 4.57. The van der Waals surface area contributed by atoms with Gasteiger partial charge >= 0.3 is 0 Å². The zero-order chi connectivity index (χ0) is 17.9. The molecule has 130 valence electrons. The normalized spacial score (nSPS) is 12.5. The summed E-state index contributed by atoms with van der Waals surface area (Å²) in [6.45, 7) is 6.74. The van der Waals surface area contributed by atoms with E-state index in [4.69, 9.17) is 11.6 Å². The number of halogens is 2. The predicted molar refractivity (Wildman–Crippen MR) is 97.3 cm³/mol. The highest BCUT2D eigenvalue weighted by Crippen LogP contribution is 2.26. The van der Waals surface area contributed by atoms with E-state index in [0.717, 1.165) is 10.7 Å². The van der Waals surface area contributed by atoms with E-state index in [2.05, 4.69) is 29.0 Å². The number of aryl methyl sites for hydroxylation is 2. The summed E-state index contributed by atoms with van der Waals surface area (Å²) in [5.74, 6) is -0.639. The number of thiazole rings is 1. The van der Waals surface area contributed by atoms with E-state index < -0.39 is 5.82 Å². The molecule has 7 heteroatoms. The zero-order valence-corrected chi connectivity index (χ0v) is 15.8. The summed E-state index contributed by atoms with van der Waals surface area (Å²) in [4.78, 5) is 19.9. The van der Waals surface area contributed by atoms with Gasteiger partial charge in [-0.15, -0.1) is 11.3 Å². The minimum Gasteiger partial charge on any atom is -0.326 e. The molecule has 0 saturated heterocycles. The van der Waals surface area contributed by atoms with Gasteiger partial charge in [0.2, 0.25) is 5.91 Å². The molecule has 1 amide bonds. The minimum absolute atomic E-state index is 0.00656. The number of rotatable bonds is 6. The summed E-state index contributed by atoms with van der Waals surface area (Å²) >= 11 is 7.39. The molecule has 2 rings (SSSR count). The molecule has 0 aliphatic rings. The summed E-state index contributed by atoms with van der Waals surface area (Å²) in [6, 6.07) is 4.28. The van der Waals surface area contributed by atoms with Gasteiger partial charge in [-0.2, -0.15) is 0 Å². The Balaban J connectivity index is 1.88. The van der Waals surface area contributed by atoms with Crippen LogP contribution in [0.1, 0.15) is 35.0 Å². The third-order valence-corrected chi connectivity index (χ3v) is 5.08. The van der Waals surface area contributed by atoms with Crippen molar-refractivity contribution in [2.45, 2.75) is 33.2 Å². The van der Waals surface area contributed by atoms with Crippen LogP contribution in [0.25, 0.3) is 0 Å². The third-order valence-electron chi connectivity index (χ3n) is 3.89. The van der Waals surface area contributed by atoms with Crippen LogP contribution >= 0.6 is 22.9 Å². The number of carbonyl (C=O) groups is 1. The molecule has 0 saturated carbocycles. The SMILES string of the molecule is Cc1nc([C@H](C)N(C)CCC(=O)Nc2ccc(F)c(Cl)c2)c(C)s1. The molecule has 1 aromatic heterocycles. The number of nitrogens with zero attached hydrogens (tertiary/aromatic N) is 2. The monoisotopic (exact) mass is 369 g/mol. The number of amides is 1. The molecule has 0 aliphatic heterocycles. The zero-order valence-electron chi connectivity index (χ0n) is 14.2. The van der Waals surface area contributed by atoms with Gasteiger partial charge in [0.25, 0.3) is 0 Å². The average molecular weight is 370 g/mol. The molecule has 0 bridgehead atoms. The van der Waals surface area contributed by atoms with Crippen molar-refractivity contribution in [2.24, 2.45) is 0 Å². The molecule has 0 radical (unpaired) electrons. The fourth-order valence-corrected chi connectivity index (χ4v) is 3.50. The Hall–Kier alpha value is -1.50. The minimum atomic E-state index is -0.503. The molecule has 0 aliphatic carbocycles. The standard InChI is InChI=1S/C17H21ClFN3OS/c1-10(17-11(2)24-12(3)20-17)22(4)8-7-16(23)21-13-5-6-15(19)14(18)9-13/h5-6,9-10H,7-8H2,1-4H3,(H,21,23)/t10-/m0/s1. The second kappa shape index (κ2) is 8.05. The maximum Gasteiger partial charge on any atom is 0.225 e. The Morgan fingerprint density at radius 2 is 2.17 bits per heavy atom. The van der Waals surface area contributed by atoms with Crippen LogP contribution in [-0.4, -0.2) is 29.4 Å². The van der Waals surface area contributed by atoms with Crippen molar-refractivity contribution in [2.75, 3.05) is 18.9 Å². The molecule has 0 unspecified atom stereocenters. The smallest absolute Gasteiger partial charge is 0.225 e. The molecule has 4 nitrogen and oxygen atoms in total. The lowest BCUT2D eigenvalue weighted by atomic mass is 10.2. The molecule has 1 heterocycles. The van der Waals surface area contributed by atoms with Crippen molar-refractivity contribution in [1.29, 1.82) is 0 Å². The Morgan fingerprint density at radius 1 is 1.46 bits per heavy atom. The molecular formula is C17H21ClFN3OS. The van der Waals surface area contributed by atoms with Gasteiger partial charge in [-0.1, -0.05) is 11.6 Å². The first-order valence-electron chi connectivity index (χ1n) is 7.67. The highest BCUT2D eigenvalue weighted by atomic mass is 35.5. The largest absolute Gasteiger partial charge is 0.326 e. The first-order valence-corrected chi connectivity index (χ1v) is 8.86. The van der Waals surface area contributed by atoms with E-state index in [9.17, 15) is 9.18 Å². The number of aromatic nitrogens is 1. The molecule has 0 spiro atoms. The third kappa shape index (κ3) is 4.75. The quantitative estimate of drug-likeness (QED) is 0.810. The van der Waals surface area contributed by atoms with Crippen molar-refractivity contribution < 1.29 is 9.18 Å². The van der Waals surface area contributed by atoms with Gasteiger partial charge in [-0.25, -0.2) is 9.37 Å². The van der Waals surface area contributed by atoms with Crippen LogP contribution in [0.15, 0.2) is 18.2 Å². The second-order valence-corrected chi connectivity index (χ2v) is 7.57. The lowest BCUT2D eigenvalue weighted by Gasteiger charge is -2.23. The number of carbonyl (C=O) groups excluding carboxylic acids is 1. The lowest BCUT2D eigenvalue weighted by molar-refractivity contribution is -0.116. The summed E-state index contributed by atoms with van der Waals surface area (Å²) < 4.78 is 13.1. The summed E-state index contributed by atoms with van der Waals surface area (Å²) in [5, 5.41) is 3.77. The van der Waals surface area contributed by atoms with Crippen molar-refractivity contribution in [1.82, 2.24) is 9.88 Å². The molecular weight excluding hydrogens is 349 g/mol. The summed E-state index contributed by atoms with van der Waals surface area (Å²) in [6.07, 6.45) is 0.331. The molecule has 0 fully saturated rings. The first kappa shape index (κ1) is 18.8. The van der Waals surface area contributed by atoms with Crippen molar-refractivity contribution in [3.63, 3.8) is 0 Å². The molecule has 1 atom stereocenters. The maximum absolute atomic E-state index is 13.1. The van der Waals surface area contributed by atoms with Crippen LogP contribution in [0.4, 0.5) is 10.1 Å². The van der Waals surface area contributed by atoms with E-state index >= 15 is 0 Å². The van der Waals surface area contributed by atoms with Crippen LogP contribution in [0.5, 0.6) is 0 Å². The van der Waals surface area contributed by atoms with Gasteiger partial charge in [-0.05, 0) is 46.0 Å². The van der Waals surface area contributed by atoms with Gasteiger partial charge in [0.05, 0.1) is 21.8 Å². The van der Waals surface area contributed by atoms with Crippen LogP contribution in [0.2, 0.25) is 5.02 Å². The average Bonchev–Trinajstić information content (AvgIpc) is 2.86. The highest BCUT2D eigenvalue weighted by molar-refractivity contribution is 7.11. The molecule has 2 aromatic rings. The van der Waals surface area contributed by atoms with E-state index in [1.54, 1.807) is 11.3 Å². The maximum atomic E-state index is 13.1. The van der Waals surface area contributed by atoms with Crippen molar-refractivity contribution in [3.8, 4) is 0 Å². The van der Waals surface area contributed by atoms with Crippen LogP contribution in [-0.2, 0) is 4.79 Å². The number of benzene rings is 1. The van der Waals surface area contributed by atoms with Gasteiger partial charge in [0.1, 0.15) is 5.82 Å². The second-order valence-electron chi connectivity index (χ2n) is 5.76. The number of nitrogens with one attached hydrogen (secondary N) is 1. The van der Waals surface area contributed by atoms with E-state index in [0.29, 0.717) is 18.7 Å². The Bertz CT molecular complexity index is 735. The van der Waals surface area contributed by atoms with E-state index in [1.807, 2.05) is 14.0 Å². The fourth-order valence-electron chi connectivity index (χ4n) is 2.41. The van der Waals surface area contributed by atoms with Crippen LogP contribution < -0.4 is 5.32 Å². The Morgan fingerprint density at radius 3 is 2.75 bits per heavy atom. The van der Waals surface area contributed by atoms with Gasteiger partial charge in [-0.3, -0.25) is 9.69 Å². The molecule has 1 aromatic carbocycles. The van der Waals surface area contributed by atoms with Gasteiger partial charge in [0.15, 0.2) is 0 Å². The summed E-state index contributed by atoms with van der Waals surface area (Å²) in [7, 11) is 1.97. The molecule has 24 heavy (non-hydrogen) atoms. The molecule has 1 N–H and O–H groups in total. The van der Waals surface area contributed by atoms with Crippen LogP contribution in [0, 0.1) is 19.7 Å². The van der Waals surface area contributed by atoms with Gasteiger partial charge in [0, 0.05) is 23.5 Å². The topological polar surface area (TPSA) is 45.2 Å². The van der Waals surface area contributed by atoms with Crippen molar-refractivity contribution >= 4 is 34.5 Å². The van der Waals surface area contributed by atoms with E-state index in [-0.39, 0.29) is 17.0 Å².